The summed E-state index contributed by atoms with van der Waals surface area (Å²) >= 11 is 0. The van der Waals surface area contributed by atoms with Gasteiger partial charge in [0, 0.05) is 19.6 Å². The van der Waals surface area contributed by atoms with E-state index < -0.39 is 5.41 Å². The third-order valence-corrected chi connectivity index (χ3v) is 5.36. The van der Waals surface area contributed by atoms with Crippen LogP contribution < -0.4 is 9.47 Å². The Balaban J connectivity index is 1.75. The molecule has 0 fully saturated rings. The molecular weight excluding hydrogens is 364 g/mol. The van der Waals surface area contributed by atoms with Crippen LogP contribution in [0.3, 0.4) is 0 Å². The third kappa shape index (κ3) is 4.91. The minimum Gasteiger partial charge on any atom is -0.486 e. The van der Waals surface area contributed by atoms with Gasteiger partial charge in [0.05, 0.1) is 5.41 Å². The number of hydrogen-bond donors (Lipinski definition) is 0. The van der Waals surface area contributed by atoms with Gasteiger partial charge in [0.1, 0.15) is 13.2 Å². The smallest absolute Gasteiger partial charge is 0.232 e. The summed E-state index contributed by atoms with van der Waals surface area (Å²) in [4.78, 5) is 17.5. The number of carbonyl (C=O) groups excluding carboxylic acids is 1. The fourth-order valence-electron chi connectivity index (χ4n) is 3.61. The van der Waals surface area contributed by atoms with Crippen LogP contribution in [0.1, 0.15) is 37.5 Å². The summed E-state index contributed by atoms with van der Waals surface area (Å²) < 4.78 is 11.3. The van der Waals surface area contributed by atoms with Crippen LogP contribution in [0.4, 0.5) is 0 Å². The molecule has 0 saturated heterocycles. The predicted molar refractivity (Wildman–Crippen MR) is 115 cm³/mol. The normalized spacial score (nSPS) is 13.4. The number of likely N-dealkylation sites (N-methyl/N-ethyl adjacent to an activating group) is 1. The standard InChI is InChI=1S/C24H32N2O3/c1-6-26(17-19-9-7-18(8-10-19)16-25(4)5)23(27)24(2,3)20-11-12-21-22(15-20)29-14-13-28-21/h7-12,15H,6,13-14,16-17H2,1-5H3. The second-order valence-corrected chi connectivity index (χ2v) is 8.36. The van der Waals surface area contributed by atoms with Crippen molar-refractivity contribution >= 4 is 5.91 Å². The zero-order valence-electron chi connectivity index (χ0n) is 18.2. The van der Waals surface area contributed by atoms with Crippen molar-refractivity contribution in [3.8, 4) is 11.5 Å². The average Bonchev–Trinajstić information content (AvgIpc) is 2.72. The molecule has 5 heteroatoms. The van der Waals surface area contributed by atoms with Crippen LogP contribution in [0.15, 0.2) is 42.5 Å². The van der Waals surface area contributed by atoms with Gasteiger partial charge in [-0.1, -0.05) is 30.3 Å². The largest absolute Gasteiger partial charge is 0.486 e. The number of amides is 1. The van der Waals surface area contributed by atoms with Gasteiger partial charge in [-0.25, -0.2) is 0 Å². The number of carbonyl (C=O) groups is 1. The van der Waals surface area contributed by atoms with Crippen LogP contribution in [0.2, 0.25) is 0 Å². The summed E-state index contributed by atoms with van der Waals surface area (Å²) in [7, 11) is 4.12. The fraction of sp³-hybridized carbons (Fsp3) is 0.458. The van der Waals surface area contributed by atoms with Crippen molar-refractivity contribution in [1.29, 1.82) is 0 Å². The molecule has 1 heterocycles. The van der Waals surface area contributed by atoms with Gasteiger partial charge in [0.2, 0.25) is 5.91 Å². The Morgan fingerprint density at radius 3 is 2.10 bits per heavy atom. The van der Waals surface area contributed by atoms with Crippen molar-refractivity contribution in [1.82, 2.24) is 9.80 Å². The van der Waals surface area contributed by atoms with Crippen LogP contribution >= 0.6 is 0 Å². The molecule has 0 spiro atoms. The molecule has 5 nitrogen and oxygen atoms in total. The summed E-state index contributed by atoms with van der Waals surface area (Å²) in [6.07, 6.45) is 0. The molecule has 156 valence electrons. The maximum absolute atomic E-state index is 13.4. The van der Waals surface area contributed by atoms with Crippen molar-refractivity contribution in [2.75, 3.05) is 33.9 Å². The van der Waals surface area contributed by atoms with E-state index in [0.29, 0.717) is 32.1 Å². The molecule has 29 heavy (non-hydrogen) atoms. The molecule has 2 aromatic carbocycles. The predicted octanol–water partition coefficient (Wildman–Crippen LogP) is 3.85. The number of hydrogen-bond acceptors (Lipinski definition) is 4. The Bertz CT molecular complexity index is 844. The zero-order valence-corrected chi connectivity index (χ0v) is 18.2. The maximum atomic E-state index is 13.4. The Morgan fingerprint density at radius 2 is 1.52 bits per heavy atom. The summed E-state index contributed by atoms with van der Waals surface area (Å²) in [5, 5.41) is 0. The number of ether oxygens (including phenoxy) is 2. The SMILES string of the molecule is CCN(Cc1ccc(CN(C)C)cc1)C(=O)C(C)(C)c1ccc2c(c1)OCCO2. The highest BCUT2D eigenvalue weighted by atomic mass is 16.6. The van der Waals surface area contributed by atoms with Gasteiger partial charge in [-0.15, -0.1) is 0 Å². The molecule has 0 radical (unpaired) electrons. The Kier molecular flexibility index (Phi) is 6.48. The van der Waals surface area contributed by atoms with Gasteiger partial charge in [-0.05, 0) is 63.7 Å². The third-order valence-electron chi connectivity index (χ3n) is 5.36. The van der Waals surface area contributed by atoms with Gasteiger partial charge < -0.3 is 19.3 Å². The number of rotatable bonds is 7. The van der Waals surface area contributed by atoms with Gasteiger partial charge in [-0.3, -0.25) is 4.79 Å². The van der Waals surface area contributed by atoms with E-state index in [1.54, 1.807) is 0 Å². The molecule has 1 aliphatic heterocycles. The minimum absolute atomic E-state index is 0.106. The van der Waals surface area contributed by atoms with Gasteiger partial charge >= 0.3 is 0 Å². The van der Waals surface area contributed by atoms with Crippen molar-refractivity contribution in [2.45, 2.75) is 39.3 Å². The summed E-state index contributed by atoms with van der Waals surface area (Å²) in [6.45, 7) is 9.25. The fourth-order valence-corrected chi connectivity index (χ4v) is 3.61. The summed E-state index contributed by atoms with van der Waals surface area (Å²) in [5.74, 6) is 1.57. The van der Waals surface area contributed by atoms with Gasteiger partial charge in [-0.2, -0.15) is 0 Å². The molecule has 3 rings (SSSR count). The molecule has 2 aromatic rings. The van der Waals surface area contributed by atoms with E-state index in [9.17, 15) is 4.79 Å². The first-order valence-corrected chi connectivity index (χ1v) is 10.2. The first kappa shape index (κ1) is 21.2. The van der Waals surface area contributed by atoms with Gasteiger partial charge in [0.25, 0.3) is 0 Å². The first-order valence-electron chi connectivity index (χ1n) is 10.2. The van der Waals surface area contributed by atoms with E-state index in [0.717, 1.165) is 23.4 Å². The zero-order chi connectivity index (χ0) is 21.0. The van der Waals surface area contributed by atoms with Crippen LogP contribution in [0, 0.1) is 0 Å². The lowest BCUT2D eigenvalue weighted by atomic mass is 9.82. The molecule has 0 unspecified atom stereocenters. The molecule has 0 aliphatic carbocycles. The lowest BCUT2D eigenvalue weighted by molar-refractivity contribution is -0.136. The van der Waals surface area contributed by atoms with Crippen molar-refractivity contribution in [3.63, 3.8) is 0 Å². The molecule has 0 aromatic heterocycles. The Morgan fingerprint density at radius 1 is 0.931 bits per heavy atom. The highest BCUT2D eigenvalue weighted by Gasteiger charge is 2.34. The molecule has 1 amide bonds. The monoisotopic (exact) mass is 396 g/mol. The van der Waals surface area contributed by atoms with Crippen molar-refractivity contribution < 1.29 is 14.3 Å². The molecule has 0 N–H and O–H groups in total. The topological polar surface area (TPSA) is 42.0 Å². The van der Waals surface area contributed by atoms with E-state index in [4.69, 9.17) is 9.47 Å². The highest BCUT2D eigenvalue weighted by molar-refractivity contribution is 5.87. The van der Waals surface area contributed by atoms with E-state index >= 15 is 0 Å². The average molecular weight is 397 g/mol. The Hall–Kier alpha value is -2.53. The minimum atomic E-state index is -0.656. The second kappa shape index (κ2) is 8.87. The summed E-state index contributed by atoms with van der Waals surface area (Å²) in [5.41, 5.74) is 2.69. The molecule has 0 bridgehead atoms. The van der Waals surface area contributed by atoms with Crippen LogP contribution in [-0.2, 0) is 23.3 Å². The quantitative estimate of drug-likeness (QED) is 0.713. The van der Waals surface area contributed by atoms with Crippen LogP contribution in [-0.4, -0.2) is 49.6 Å². The molecular formula is C24H32N2O3. The van der Waals surface area contributed by atoms with Crippen molar-refractivity contribution in [3.05, 3.63) is 59.2 Å². The lowest BCUT2D eigenvalue weighted by Crippen LogP contribution is -2.43. The van der Waals surface area contributed by atoms with Crippen molar-refractivity contribution in [2.24, 2.45) is 0 Å². The summed E-state index contributed by atoms with van der Waals surface area (Å²) in [6, 6.07) is 14.3. The van der Waals surface area contributed by atoms with E-state index in [1.807, 2.05) is 43.9 Å². The van der Waals surface area contributed by atoms with Crippen LogP contribution in [0.25, 0.3) is 0 Å². The number of fused-ring (bicyclic) bond motifs is 1. The number of nitrogens with zero attached hydrogens (tertiary/aromatic N) is 2. The highest BCUT2D eigenvalue weighted by Crippen LogP contribution is 2.36. The number of benzene rings is 2. The Labute approximate surface area is 174 Å². The lowest BCUT2D eigenvalue weighted by Gasteiger charge is -2.32. The molecule has 1 aliphatic rings. The second-order valence-electron chi connectivity index (χ2n) is 8.36. The van der Waals surface area contributed by atoms with E-state index in [2.05, 4.69) is 43.3 Å². The van der Waals surface area contributed by atoms with E-state index in [1.165, 1.54) is 5.56 Å². The maximum Gasteiger partial charge on any atom is 0.232 e. The molecule has 0 atom stereocenters. The van der Waals surface area contributed by atoms with Gasteiger partial charge in [0.15, 0.2) is 11.5 Å². The van der Waals surface area contributed by atoms with Crippen LogP contribution in [0.5, 0.6) is 11.5 Å². The molecule has 0 saturated carbocycles. The van der Waals surface area contributed by atoms with E-state index in [-0.39, 0.29) is 5.91 Å². The first-order chi connectivity index (χ1) is 13.8.